The second-order valence-corrected chi connectivity index (χ2v) is 5.76. The summed E-state index contributed by atoms with van der Waals surface area (Å²) in [5, 5.41) is 0. The molecule has 0 aromatic heterocycles. The average molecular weight is 277 g/mol. The Morgan fingerprint density at radius 1 is 1.00 bits per heavy atom. The first kappa shape index (κ1) is 12.5. The van der Waals surface area contributed by atoms with E-state index in [0.29, 0.717) is 0 Å². The minimum atomic E-state index is 0.220. The maximum atomic E-state index is 6.19. The third-order valence-electron chi connectivity index (χ3n) is 4.30. The van der Waals surface area contributed by atoms with Crippen LogP contribution in [0.3, 0.4) is 0 Å². The largest absolute Gasteiger partial charge is 0.484 e. The lowest BCUT2D eigenvalue weighted by atomic mass is 9.98. The van der Waals surface area contributed by atoms with Crippen molar-refractivity contribution in [1.29, 1.82) is 0 Å². The molecular weight excluding hydrogens is 258 g/mol. The second-order valence-electron chi connectivity index (χ2n) is 5.76. The van der Waals surface area contributed by atoms with E-state index in [4.69, 9.17) is 4.74 Å². The Bertz CT molecular complexity index is 662. The molecule has 2 aliphatic heterocycles. The monoisotopic (exact) mass is 277 g/mol. The van der Waals surface area contributed by atoms with Crippen molar-refractivity contribution in [3.63, 3.8) is 0 Å². The number of hydrogen-bond acceptors (Lipinski definition) is 2. The summed E-state index contributed by atoms with van der Waals surface area (Å²) < 4.78 is 6.19. The van der Waals surface area contributed by atoms with Crippen molar-refractivity contribution in [2.24, 2.45) is 0 Å². The molecule has 0 radical (unpaired) electrons. The van der Waals surface area contributed by atoms with Crippen molar-refractivity contribution in [1.82, 2.24) is 4.90 Å². The number of fused-ring (bicyclic) bond motifs is 2. The normalized spacial score (nSPS) is 20.1. The number of nitrogens with zero attached hydrogens (tertiary/aromatic N) is 1. The number of rotatable bonds is 2. The van der Waals surface area contributed by atoms with Crippen molar-refractivity contribution in [3.05, 3.63) is 71.4 Å². The molecule has 0 spiro atoms. The third kappa shape index (κ3) is 2.42. The Balaban J connectivity index is 1.65. The van der Waals surface area contributed by atoms with E-state index in [9.17, 15) is 0 Å². The van der Waals surface area contributed by atoms with Crippen molar-refractivity contribution in [2.75, 3.05) is 6.54 Å². The van der Waals surface area contributed by atoms with Gasteiger partial charge < -0.3 is 9.64 Å². The van der Waals surface area contributed by atoms with E-state index < -0.39 is 0 Å². The zero-order valence-corrected chi connectivity index (χ0v) is 12.0. The Kier molecular flexibility index (Phi) is 3.15. The molecule has 2 heteroatoms. The molecule has 0 bridgehead atoms. The van der Waals surface area contributed by atoms with Crippen LogP contribution in [-0.4, -0.2) is 17.5 Å². The van der Waals surface area contributed by atoms with Crippen LogP contribution in [0.25, 0.3) is 6.08 Å². The van der Waals surface area contributed by atoms with Gasteiger partial charge in [-0.25, -0.2) is 0 Å². The van der Waals surface area contributed by atoms with Gasteiger partial charge in [0.15, 0.2) is 0 Å². The molecule has 0 aliphatic carbocycles. The Morgan fingerprint density at radius 2 is 1.81 bits per heavy atom. The van der Waals surface area contributed by atoms with Gasteiger partial charge >= 0.3 is 0 Å². The van der Waals surface area contributed by atoms with Gasteiger partial charge in [-0.1, -0.05) is 48.5 Å². The van der Waals surface area contributed by atoms with Gasteiger partial charge in [-0.05, 0) is 30.5 Å². The van der Waals surface area contributed by atoms with Gasteiger partial charge in [0.05, 0.1) is 5.70 Å². The summed E-state index contributed by atoms with van der Waals surface area (Å²) in [6.45, 7) is 2.08. The number of ether oxygens (including phenoxy) is 1. The van der Waals surface area contributed by atoms with Crippen LogP contribution in [0.5, 0.6) is 5.75 Å². The van der Waals surface area contributed by atoms with E-state index in [1.807, 2.05) is 6.07 Å². The second kappa shape index (κ2) is 5.28. The van der Waals surface area contributed by atoms with Crippen LogP contribution < -0.4 is 4.74 Å². The lowest BCUT2D eigenvalue weighted by molar-refractivity contribution is 0.132. The molecule has 2 aliphatic rings. The highest BCUT2D eigenvalue weighted by Crippen LogP contribution is 2.35. The molecule has 0 saturated carbocycles. The number of para-hydroxylation sites is 1. The molecule has 1 atom stereocenters. The highest BCUT2D eigenvalue weighted by atomic mass is 16.5. The zero-order valence-electron chi connectivity index (χ0n) is 12.0. The predicted octanol–water partition coefficient (Wildman–Crippen LogP) is 4.08. The van der Waals surface area contributed by atoms with Crippen LogP contribution in [0, 0.1) is 0 Å². The van der Waals surface area contributed by atoms with Crippen LogP contribution in [0.4, 0.5) is 0 Å². The lowest BCUT2D eigenvalue weighted by Crippen LogP contribution is -2.39. The zero-order chi connectivity index (χ0) is 14.1. The fraction of sp³-hybridized carbons (Fsp3) is 0.263. The highest BCUT2D eigenvalue weighted by molar-refractivity contribution is 5.62. The van der Waals surface area contributed by atoms with Gasteiger partial charge in [0.25, 0.3) is 0 Å². The summed E-state index contributed by atoms with van der Waals surface area (Å²) in [6, 6.07) is 19.0. The molecule has 1 saturated heterocycles. The maximum Gasteiger partial charge on any atom is 0.138 e. The molecule has 1 unspecified atom stereocenters. The first-order valence-electron chi connectivity index (χ1n) is 7.66. The van der Waals surface area contributed by atoms with E-state index in [1.54, 1.807) is 0 Å². The van der Waals surface area contributed by atoms with E-state index in [0.717, 1.165) is 25.3 Å². The molecule has 0 N–H and O–H groups in total. The standard InChI is InChI=1S/C19H19NO/c1-2-7-15(8-3-1)14-20-12-6-11-19-17(20)13-16-9-4-5-10-18(16)21-19/h1-5,7-10,13,19H,6,11-12,14H2. The molecule has 2 nitrogen and oxygen atoms in total. The van der Waals surface area contributed by atoms with Gasteiger partial charge in [-0.2, -0.15) is 0 Å². The lowest BCUT2D eigenvalue weighted by Gasteiger charge is -2.39. The summed E-state index contributed by atoms with van der Waals surface area (Å²) in [7, 11) is 0. The van der Waals surface area contributed by atoms with Crippen molar-refractivity contribution in [2.45, 2.75) is 25.5 Å². The fourth-order valence-electron chi connectivity index (χ4n) is 3.25. The Morgan fingerprint density at radius 3 is 2.71 bits per heavy atom. The van der Waals surface area contributed by atoms with Gasteiger partial charge in [0.2, 0.25) is 0 Å². The molecule has 21 heavy (non-hydrogen) atoms. The van der Waals surface area contributed by atoms with Crippen LogP contribution in [-0.2, 0) is 6.54 Å². The van der Waals surface area contributed by atoms with E-state index in [2.05, 4.69) is 59.5 Å². The molecule has 2 heterocycles. The van der Waals surface area contributed by atoms with E-state index in [-0.39, 0.29) is 6.10 Å². The number of likely N-dealkylation sites (tertiary alicyclic amines) is 1. The van der Waals surface area contributed by atoms with Crippen LogP contribution in [0.15, 0.2) is 60.3 Å². The van der Waals surface area contributed by atoms with Gasteiger partial charge in [0, 0.05) is 18.7 Å². The summed E-state index contributed by atoms with van der Waals surface area (Å²) in [5.74, 6) is 1.02. The molecule has 2 aromatic carbocycles. The van der Waals surface area contributed by atoms with Crippen molar-refractivity contribution < 1.29 is 4.74 Å². The van der Waals surface area contributed by atoms with Crippen molar-refractivity contribution >= 4 is 6.08 Å². The van der Waals surface area contributed by atoms with Gasteiger partial charge in [-0.3, -0.25) is 0 Å². The highest BCUT2D eigenvalue weighted by Gasteiger charge is 2.30. The quantitative estimate of drug-likeness (QED) is 0.820. The molecule has 0 amide bonds. The molecular formula is C19H19NO. The average Bonchev–Trinajstić information content (AvgIpc) is 2.54. The Hall–Kier alpha value is -2.22. The minimum Gasteiger partial charge on any atom is -0.484 e. The first-order valence-corrected chi connectivity index (χ1v) is 7.66. The first-order chi connectivity index (χ1) is 10.4. The predicted molar refractivity (Wildman–Crippen MR) is 84.9 cm³/mol. The number of benzene rings is 2. The number of hydrogen-bond donors (Lipinski definition) is 0. The van der Waals surface area contributed by atoms with Crippen molar-refractivity contribution in [3.8, 4) is 5.75 Å². The molecule has 106 valence electrons. The van der Waals surface area contributed by atoms with Crippen LogP contribution >= 0.6 is 0 Å². The van der Waals surface area contributed by atoms with Crippen LogP contribution in [0.2, 0.25) is 0 Å². The summed E-state index contributed by atoms with van der Waals surface area (Å²) in [4.78, 5) is 2.47. The third-order valence-corrected chi connectivity index (χ3v) is 4.30. The SMILES string of the molecule is C1=C2C(CCCN2Cc2ccccc2)Oc2ccccc21. The fourth-order valence-corrected chi connectivity index (χ4v) is 3.25. The van der Waals surface area contributed by atoms with Gasteiger partial charge in [-0.15, -0.1) is 0 Å². The van der Waals surface area contributed by atoms with E-state index in [1.165, 1.54) is 23.2 Å². The maximum absolute atomic E-state index is 6.19. The minimum absolute atomic E-state index is 0.220. The summed E-state index contributed by atoms with van der Waals surface area (Å²) in [6.07, 6.45) is 4.84. The summed E-state index contributed by atoms with van der Waals surface area (Å²) in [5.41, 5.74) is 3.89. The molecule has 2 aromatic rings. The smallest absolute Gasteiger partial charge is 0.138 e. The molecule has 1 fully saturated rings. The van der Waals surface area contributed by atoms with Crippen LogP contribution in [0.1, 0.15) is 24.0 Å². The number of piperidine rings is 1. The topological polar surface area (TPSA) is 12.5 Å². The summed E-state index contributed by atoms with van der Waals surface area (Å²) >= 11 is 0. The molecule has 4 rings (SSSR count). The Labute approximate surface area is 125 Å². The van der Waals surface area contributed by atoms with Gasteiger partial charge in [0.1, 0.15) is 11.9 Å². The van der Waals surface area contributed by atoms with E-state index >= 15 is 0 Å².